The lowest BCUT2D eigenvalue weighted by Gasteiger charge is -2.36. The fraction of sp³-hybridized carbons (Fsp3) is 0.300. The maximum absolute atomic E-state index is 14.3. The molecule has 1 saturated heterocycles. The van der Waals surface area contributed by atoms with Crippen LogP contribution in [-0.2, 0) is 12.7 Å². The molecule has 0 aliphatic carbocycles. The zero-order chi connectivity index (χ0) is 31.8. The van der Waals surface area contributed by atoms with Gasteiger partial charge in [0, 0.05) is 43.0 Å². The van der Waals surface area contributed by atoms with Crippen LogP contribution in [-0.4, -0.2) is 70.3 Å². The molecule has 3 heterocycles. The van der Waals surface area contributed by atoms with Gasteiger partial charge >= 0.3 is 12.1 Å². The van der Waals surface area contributed by atoms with Gasteiger partial charge in [0.1, 0.15) is 29.9 Å². The molecule has 228 valence electrons. The summed E-state index contributed by atoms with van der Waals surface area (Å²) in [6.45, 7) is 2.91. The first-order chi connectivity index (χ1) is 20.9. The summed E-state index contributed by atoms with van der Waals surface area (Å²) in [4.78, 5) is 36.8. The van der Waals surface area contributed by atoms with Crippen molar-refractivity contribution in [2.45, 2.75) is 19.6 Å². The Labute approximate surface area is 254 Å². The molecule has 5 rings (SSSR count). The van der Waals surface area contributed by atoms with Gasteiger partial charge in [0.25, 0.3) is 5.56 Å². The van der Waals surface area contributed by atoms with Crippen molar-refractivity contribution in [2.75, 3.05) is 44.7 Å². The number of pyridine rings is 1. The molecule has 1 aliphatic rings. The maximum Gasteiger partial charge on any atom is 0.418 e. The Morgan fingerprint density at radius 1 is 1.16 bits per heavy atom. The van der Waals surface area contributed by atoms with Crippen LogP contribution in [0.15, 0.2) is 47.4 Å². The van der Waals surface area contributed by atoms with Crippen LogP contribution in [0.4, 0.5) is 18.9 Å². The first-order valence-corrected chi connectivity index (χ1v) is 13.9. The topological polar surface area (TPSA) is 125 Å². The summed E-state index contributed by atoms with van der Waals surface area (Å²) in [6, 6.07) is 10.5. The number of aryl methyl sites for hydroxylation is 1. The summed E-state index contributed by atoms with van der Waals surface area (Å²) >= 11 is 6.20. The number of nitrogens with zero attached hydrogens (tertiary/aromatic N) is 6. The van der Waals surface area contributed by atoms with Crippen molar-refractivity contribution in [1.82, 2.24) is 19.4 Å². The summed E-state index contributed by atoms with van der Waals surface area (Å²) < 4.78 is 50.0. The van der Waals surface area contributed by atoms with Gasteiger partial charge in [-0.1, -0.05) is 11.6 Å². The highest BCUT2D eigenvalue weighted by Crippen LogP contribution is 2.41. The number of fused-ring (bicyclic) bond motifs is 1. The number of rotatable bonds is 7. The third-order valence-corrected chi connectivity index (χ3v) is 7.69. The number of benzene rings is 2. The number of hydrogen-bond acceptors (Lipinski definition) is 8. The fourth-order valence-corrected chi connectivity index (χ4v) is 5.41. The number of alkyl halides is 3. The lowest BCUT2D eigenvalue weighted by Crippen LogP contribution is -2.45. The molecule has 0 radical (unpaired) electrons. The number of piperazine rings is 1. The van der Waals surface area contributed by atoms with Crippen molar-refractivity contribution >= 4 is 34.2 Å². The summed E-state index contributed by atoms with van der Waals surface area (Å²) in [7, 11) is 1.86. The molecule has 10 nitrogen and oxygen atoms in total. The number of hydrogen-bond donors (Lipinski definition) is 1. The monoisotopic (exact) mass is 626 g/mol. The van der Waals surface area contributed by atoms with Crippen LogP contribution in [0.3, 0.4) is 0 Å². The Morgan fingerprint density at radius 2 is 1.89 bits per heavy atom. The first kappa shape index (κ1) is 30.8. The molecule has 0 unspecified atom stereocenters. The lowest BCUT2D eigenvalue weighted by molar-refractivity contribution is -0.137. The van der Waals surface area contributed by atoms with Crippen LogP contribution >= 0.6 is 11.6 Å². The molecule has 0 spiro atoms. The third kappa shape index (κ3) is 6.04. The summed E-state index contributed by atoms with van der Waals surface area (Å²) in [5, 5.41) is 19.6. The van der Waals surface area contributed by atoms with Crippen molar-refractivity contribution in [1.29, 1.82) is 5.26 Å². The van der Waals surface area contributed by atoms with E-state index >= 15 is 0 Å². The van der Waals surface area contributed by atoms with Gasteiger partial charge < -0.3 is 19.6 Å². The van der Waals surface area contributed by atoms with E-state index in [0.717, 1.165) is 6.07 Å². The summed E-state index contributed by atoms with van der Waals surface area (Å²) in [6.07, 6.45) is -3.42. The van der Waals surface area contributed by atoms with E-state index < -0.39 is 23.3 Å². The number of aromatic nitrogens is 3. The number of halogens is 4. The third-order valence-electron chi connectivity index (χ3n) is 7.45. The molecule has 4 aromatic rings. The number of carboxylic acids is 1. The van der Waals surface area contributed by atoms with Crippen LogP contribution in [0.5, 0.6) is 5.75 Å². The second-order valence-corrected chi connectivity index (χ2v) is 10.7. The van der Waals surface area contributed by atoms with Crippen molar-refractivity contribution in [2.24, 2.45) is 0 Å². The van der Waals surface area contributed by atoms with Gasteiger partial charge in [0.05, 0.1) is 34.3 Å². The molecule has 2 aromatic heterocycles. The van der Waals surface area contributed by atoms with Crippen molar-refractivity contribution < 1.29 is 27.8 Å². The van der Waals surface area contributed by atoms with E-state index in [1.54, 1.807) is 24.3 Å². The Hall–Kier alpha value is -4.67. The molecule has 0 bridgehead atoms. The van der Waals surface area contributed by atoms with Gasteiger partial charge in [-0.05, 0) is 55.9 Å². The minimum atomic E-state index is -4.77. The zero-order valence-electron chi connectivity index (χ0n) is 23.7. The number of nitriles is 1. The summed E-state index contributed by atoms with van der Waals surface area (Å²) in [5.74, 6) is -0.710. The largest absolute Gasteiger partial charge is 0.491 e. The standard InChI is InChI=1S/C30H26ClF3N6O4/c1-17-37-23-15-22(30(32,33)34)27(39-9-7-38(2)8-10-39)21(16-35)26(23)28(41)40(17)11-12-44-25-4-3-19(31)14-20(25)18-5-6-36-24(13-18)29(42)43/h3-6,13-15H,7-12H2,1-2H3,(H,42,43). The Kier molecular flexibility index (Phi) is 8.49. The molecular formula is C30H26ClF3N6O4. The van der Waals surface area contributed by atoms with E-state index in [1.165, 1.54) is 28.7 Å². The fourth-order valence-electron chi connectivity index (χ4n) is 5.24. The highest BCUT2D eigenvalue weighted by atomic mass is 35.5. The Bertz CT molecular complexity index is 1860. The molecule has 1 fully saturated rings. The van der Waals surface area contributed by atoms with E-state index in [9.17, 15) is 33.1 Å². The van der Waals surface area contributed by atoms with Gasteiger partial charge in [-0.2, -0.15) is 18.4 Å². The zero-order valence-corrected chi connectivity index (χ0v) is 24.4. The second kappa shape index (κ2) is 12.1. The minimum absolute atomic E-state index is 0.0396. The first-order valence-electron chi connectivity index (χ1n) is 13.5. The minimum Gasteiger partial charge on any atom is -0.491 e. The molecule has 0 saturated carbocycles. The van der Waals surface area contributed by atoms with E-state index in [0.29, 0.717) is 35.0 Å². The van der Waals surface area contributed by atoms with E-state index in [2.05, 4.69) is 9.97 Å². The smallest absolute Gasteiger partial charge is 0.418 e. The van der Waals surface area contributed by atoms with Gasteiger partial charge in [0.2, 0.25) is 0 Å². The normalized spacial score (nSPS) is 14.1. The van der Waals surface area contributed by atoms with E-state index in [1.807, 2.05) is 18.0 Å². The van der Waals surface area contributed by atoms with Crippen LogP contribution in [0.1, 0.15) is 27.4 Å². The number of carboxylic acid groups (broad SMARTS) is 1. The van der Waals surface area contributed by atoms with Crippen molar-refractivity contribution in [3.8, 4) is 22.9 Å². The molecule has 2 aromatic carbocycles. The quantitative estimate of drug-likeness (QED) is 0.307. The average Bonchev–Trinajstić information content (AvgIpc) is 2.98. The van der Waals surface area contributed by atoms with Gasteiger partial charge in [0.15, 0.2) is 0 Å². The predicted octanol–water partition coefficient (Wildman–Crippen LogP) is 4.84. The number of likely N-dealkylation sites (N-methyl/N-ethyl adjacent to an activating group) is 1. The molecule has 0 amide bonds. The molecule has 0 atom stereocenters. The lowest BCUT2D eigenvalue weighted by atomic mass is 10.00. The van der Waals surface area contributed by atoms with Crippen LogP contribution in [0, 0.1) is 18.3 Å². The summed E-state index contributed by atoms with van der Waals surface area (Å²) in [5.41, 5.74) is -1.73. The second-order valence-electron chi connectivity index (χ2n) is 10.3. The van der Waals surface area contributed by atoms with E-state index in [4.69, 9.17) is 16.3 Å². The number of aromatic carboxylic acids is 1. The van der Waals surface area contributed by atoms with Gasteiger partial charge in [-0.3, -0.25) is 9.36 Å². The van der Waals surface area contributed by atoms with Crippen LogP contribution in [0.25, 0.3) is 22.0 Å². The van der Waals surface area contributed by atoms with E-state index in [-0.39, 0.29) is 59.9 Å². The van der Waals surface area contributed by atoms with Gasteiger partial charge in [-0.15, -0.1) is 0 Å². The van der Waals surface area contributed by atoms with Crippen molar-refractivity contribution in [3.05, 3.63) is 80.6 Å². The Balaban J connectivity index is 1.52. The van der Waals surface area contributed by atoms with Crippen LogP contribution in [0.2, 0.25) is 5.02 Å². The highest BCUT2D eigenvalue weighted by molar-refractivity contribution is 6.31. The Morgan fingerprint density at radius 3 is 2.55 bits per heavy atom. The number of carbonyl (C=O) groups is 1. The van der Waals surface area contributed by atoms with Crippen molar-refractivity contribution in [3.63, 3.8) is 0 Å². The molecule has 44 heavy (non-hydrogen) atoms. The maximum atomic E-state index is 14.3. The molecular weight excluding hydrogens is 601 g/mol. The number of ether oxygens (including phenoxy) is 1. The predicted molar refractivity (Wildman–Crippen MR) is 157 cm³/mol. The molecule has 1 aliphatic heterocycles. The number of anilines is 1. The van der Waals surface area contributed by atoms with Crippen LogP contribution < -0.4 is 15.2 Å². The van der Waals surface area contributed by atoms with Gasteiger partial charge in [-0.25, -0.2) is 14.8 Å². The SMILES string of the molecule is Cc1nc2cc(C(F)(F)F)c(N3CCN(C)CC3)c(C#N)c2c(=O)n1CCOc1ccc(Cl)cc1-c1ccnc(C(=O)O)c1. The molecule has 14 heteroatoms. The highest BCUT2D eigenvalue weighted by Gasteiger charge is 2.38. The molecule has 1 N–H and O–H groups in total. The average molecular weight is 627 g/mol.